The molecule has 0 radical (unpaired) electrons. The van der Waals surface area contributed by atoms with Crippen LogP contribution in [0.2, 0.25) is 0 Å². The largest absolute Gasteiger partial charge is 0.379 e. The molecule has 2 aliphatic rings. The van der Waals surface area contributed by atoms with Crippen molar-refractivity contribution >= 4 is 21.6 Å². The topological polar surface area (TPSA) is 87.7 Å². The molecule has 1 amide bonds. The number of amides is 1. The molecule has 3 rings (SSSR count). The SMILES string of the molecule is C[C@H](N[C@@H]1CCCC[C@H]1C)C(=O)Nc1cccc(S(=O)(=O)N2CCOCC2)c1. The molecule has 0 unspecified atom stereocenters. The fourth-order valence-corrected chi connectivity index (χ4v) is 5.34. The first kappa shape index (κ1) is 21.2. The first-order valence-corrected chi connectivity index (χ1v) is 11.6. The number of nitrogens with zero attached hydrogens (tertiary/aromatic N) is 1. The normalized spacial score (nSPS) is 25.2. The Bertz CT molecular complexity index is 777. The molecule has 28 heavy (non-hydrogen) atoms. The third kappa shape index (κ3) is 5.11. The Balaban J connectivity index is 1.64. The third-order valence-corrected chi connectivity index (χ3v) is 7.57. The van der Waals surface area contributed by atoms with Crippen molar-refractivity contribution in [1.82, 2.24) is 9.62 Å². The van der Waals surface area contributed by atoms with Gasteiger partial charge in [-0.3, -0.25) is 4.79 Å². The first-order valence-electron chi connectivity index (χ1n) is 10.1. The summed E-state index contributed by atoms with van der Waals surface area (Å²) in [4.78, 5) is 12.8. The minimum absolute atomic E-state index is 0.154. The number of nitrogens with one attached hydrogen (secondary N) is 2. The van der Waals surface area contributed by atoms with Gasteiger partial charge in [0.25, 0.3) is 0 Å². The molecule has 1 aromatic rings. The number of ether oxygens (including phenoxy) is 1. The van der Waals surface area contributed by atoms with E-state index in [1.807, 2.05) is 6.92 Å². The van der Waals surface area contributed by atoms with Gasteiger partial charge in [-0.15, -0.1) is 0 Å². The first-order chi connectivity index (χ1) is 13.4. The fraction of sp³-hybridized carbons (Fsp3) is 0.650. The van der Waals surface area contributed by atoms with Crippen molar-refractivity contribution in [3.63, 3.8) is 0 Å². The summed E-state index contributed by atoms with van der Waals surface area (Å²) < 4.78 is 32.3. The molecule has 1 aliphatic carbocycles. The van der Waals surface area contributed by atoms with Gasteiger partial charge in [0.1, 0.15) is 0 Å². The monoisotopic (exact) mass is 409 g/mol. The molecule has 0 aromatic heterocycles. The second kappa shape index (κ2) is 9.35. The molecular formula is C20H31N3O4S. The van der Waals surface area contributed by atoms with Crippen molar-refractivity contribution in [2.24, 2.45) is 5.92 Å². The molecule has 1 aromatic carbocycles. The van der Waals surface area contributed by atoms with Crippen LogP contribution in [-0.4, -0.2) is 57.0 Å². The summed E-state index contributed by atoms with van der Waals surface area (Å²) >= 11 is 0. The highest BCUT2D eigenvalue weighted by molar-refractivity contribution is 7.89. The number of hydrogen-bond acceptors (Lipinski definition) is 5. The van der Waals surface area contributed by atoms with Gasteiger partial charge in [-0.1, -0.05) is 25.8 Å². The number of sulfonamides is 1. The summed E-state index contributed by atoms with van der Waals surface area (Å²) in [6.07, 6.45) is 4.72. The molecule has 1 aliphatic heterocycles. The smallest absolute Gasteiger partial charge is 0.243 e. The van der Waals surface area contributed by atoms with E-state index in [9.17, 15) is 13.2 Å². The van der Waals surface area contributed by atoms with Crippen LogP contribution in [-0.2, 0) is 19.6 Å². The predicted octanol–water partition coefficient (Wildman–Crippen LogP) is 2.20. The molecule has 0 bridgehead atoms. The summed E-state index contributed by atoms with van der Waals surface area (Å²) in [7, 11) is -3.58. The van der Waals surface area contributed by atoms with E-state index in [0.717, 1.165) is 6.42 Å². The van der Waals surface area contributed by atoms with Gasteiger partial charge in [0, 0.05) is 24.8 Å². The zero-order chi connectivity index (χ0) is 20.1. The molecule has 1 heterocycles. The van der Waals surface area contributed by atoms with Gasteiger partial charge in [-0.25, -0.2) is 8.42 Å². The van der Waals surface area contributed by atoms with Crippen LogP contribution in [0.25, 0.3) is 0 Å². The van der Waals surface area contributed by atoms with Crippen LogP contribution < -0.4 is 10.6 Å². The maximum absolute atomic E-state index is 12.8. The van der Waals surface area contributed by atoms with Crippen LogP contribution in [0.3, 0.4) is 0 Å². The Morgan fingerprint density at radius 2 is 1.93 bits per heavy atom. The van der Waals surface area contributed by atoms with Crippen molar-refractivity contribution in [2.45, 2.75) is 56.5 Å². The Labute approximate surface area is 167 Å². The van der Waals surface area contributed by atoms with Crippen molar-refractivity contribution in [1.29, 1.82) is 0 Å². The van der Waals surface area contributed by atoms with E-state index in [0.29, 0.717) is 44.0 Å². The van der Waals surface area contributed by atoms with Crippen LogP contribution >= 0.6 is 0 Å². The molecule has 7 nitrogen and oxygen atoms in total. The summed E-state index contributed by atoms with van der Waals surface area (Å²) in [6, 6.07) is 6.47. The van der Waals surface area contributed by atoms with Gasteiger partial charge in [0.15, 0.2) is 0 Å². The number of hydrogen-bond donors (Lipinski definition) is 2. The molecular weight excluding hydrogens is 378 g/mol. The Hall–Kier alpha value is -1.48. The van der Waals surface area contributed by atoms with Crippen molar-refractivity contribution in [3.05, 3.63) is 24.3 Å². The van der Waals surface area contributed by atoms with E-state index in [1.54, 1.807) is 18.2 Å². The Morgan fingerprint density at radius 3 is 2.64 bits per heavy atom. The van der Waals surface area contributed by atoms with Gasteiger partial charge >= 0.3 is 0 Å². The predicted molar refractivity (Wildman–Crippen MR) is 109 cm³/mol. The third-order valence-electron chi connectivity index (χ3n) is 5.68. The average molecular weight is 410 g/mol. The van der Waals surface area contributed by atoms with Crippen LogP contribution in [0.4, 0.5) is 5.69 Å². The molecule has 156 valence electrons. The Morgan fingerprint density at radius 1 is 1.21 bits per heavy atom. The van der Waals surface area contributed by atoms with Gasteiger partial charge in [-0.2, -0.15) is 4.31 Å². The maximum Gasteiger partial charge on any atom is 0.243 e. The summed E-state index contributed by atoms with van der Waals surface area (Å²) in [5, 5.41) is 6.29. The highest BCUT2D eigenvalue weighted by Crippen LogP contribution is 2.24. The number of morpholine rings is 1. The quantitative estimate of drug-likeness (QED) is 0.752. The van der Waals surface area contributed by atoms with Gasteiger partial charge in [0.05, 0.1) is 24.2 Å². The fourth-order valence-electron chi connectivity index (χ4n) is 3.88. The lowest BCUT2D eigenvalue weighted by Crippen LogP contribution is -2.47. The summed E-state index contributed by atoms with van der Waals surface area (Å²) in [5.41, 5.74) is 0.490. The lowest BCUT2D eigenvalue weighted by atomic mass is 9.85. The van der Waals surface area contributed by atoms with Crippen molar-refractivity contribution in [2.75, 3.05) is 31.6 Å². The molecule has 1 saturated heterocycles. The van der Waals surface area contributed by atoms with E-state index >= 15 is 0 Å². The van der Waals surface area contributed by atoms with Crippen LogP contribution in [0, 0.1) is 5.92 Å². The summed E-state index contributed by atoms with van der Waals surface area (Å²) in [5.74, 6) is 0.407. The molecule has 2 fully saturated rings. The minimum atomic E-state index is -3.58. The minimum Gasteiger partial charge on any atom is -0.379 e. The lowest BCUT2D eigenvalue weighted by Gasteiger charge is -2.31. The average Bonchev–Trinajstić information content (AvgIpc) is 2.70. The van der Waals surface area contributed by atoms with E-state index < -0.39 is 10.0 Å². The second-order valence-electron chi connectivity index (χ2n) is 7.79. The number of carbonyl (C=O) groups excluding carboxylic acids is 1. The summed E-state index contributed by atoms with van der Waals surface area (Å²) in [6.45, 7) is 5.57. The number of anilines is 1. The number of carbonyl (C=O) groups is 1. The zero-order valence-corrected chi connectivity index (χ0v) is 17.5. The Kier molecular flexibility index (Phi) is 7.09. The number of benzene rings is 1. The van der Waals surface area contributed by atoms with Crippen molar-refractivity contribution < 1.29 is 17.9 Å². The molecule has 3 atom stereocenters. The van der Waals surface area contributed by atoms with Crippen LogP contribution in [0.1, 0.15) is 39.5 Å². The van der Waals surface area contributed by atoms with E-state index in [1.165, 1.54) is 29.6 Å². The van der Waals surface area contributed by atoms with Crippen LogP contribution in [0.5, 0.6) is 0 Å². The molecule has 8 heteroatoms. The van der Waals surface area contributed by atoms with E-state index in [4.69, 9.17) is 4.74 Å². The standard InChI is InChI=1S/C20H31N3O4S/c1-15-6-3-4-9-19(15)21-16(2)20(24)22-17-7-5-8-18(14-17)28(25,26)23-10-12-27-13-11-23/h5,7-8,14-16,19,21H,3-4,6,9-13H2,1-2H3,(H,22,24)/t15-,16+,19-/m1/s1. The maximum atomic E-state index is 12.8. The molecule has 2 N–H and O–H groups in total. The van der Waals surface area contributed by atoms with Gasteiger partial charge in [0.2, 0.25) is 15.9 Å². The molecule has 1 saturated carbocycles. The highest BCUT2D eigenvalue weighted by Gasteiger charge is 2.27. The highest BCUT2D eigenvalue weighted by atomic mass is 32.2. The van der Waals surface area contributed by atoms with Gasteiger partial charge in [-0.05, 0) is 43.9 Å². The van der Waals surface area contributed by atoms with E-state index in [-0.39, 0.29) is 16.8 Å². The van der Waals surface area contributed by atoms with Crippen LogP contribution in [0.15, 0.2) is 29.2 Å². The molecule has 0 spiro atoms. The van der Waals surface area contributed by atoms with E-state index in [2.05, 4.69) is 17.6 Å². The number of rotatable bonds is 6. The zero-order valence-electron chi connectivity index (χ0n) is 16.7. The lowest BCUT2D eigenvalue weighted by molar-refractivity contribution is -0.118. The second-order valence-corrected chi connectivity index (χ2v) is 9.73. The van der Waals surface area contributed by atoms with Gasteiger partial charge < -0.3 is 15.4 Å². The van der Waals surface area contributed by atoms with Crippen molar-refractivity contribution in [3.8, 4) is 0 Å².